The Morgan fingerprint density at radius 2 is 2.12 bits per heavy atom. The molecule has 5 nitrogen and oxygen atoms in total. The van der Waals surface area contributed by atoms with E-state index in [2.05, 4.69) is 27.2 Å². The summed E-state index contributed by atoms with van der Waals surface area (Å²) in [5.41, 5.74) is 5.80. The molecule has 0 atom stereocenters. The molecule has 98 valence electrons. The maximum atomic E-state index is 5.80. The van der Waals surface area contributed by atoms with E-state index in [1.54, 1.807) is 0 Å². The van der Waals surface area contributed by atoms with Crippen LogP contribution in [0.25, 0.3) is 0 Å². The van der Waals surface area contributed by atoms with Crippen LogP contribution in [0.3, 0.4) is 0 Å². The van der Waals surface area contributed by atoms with Gasteiger partial charge >= 0.3 is 0 Å². The molecule has 0 aromatic heterocycles. The molecule has 17 heavy (non-hydrogen) atoms. The average molecular weight is 239 g/mol. The fraction of sp³-hybridized carbons (Fsp3) is 0.917. The molecule has 3 N–H and O–H groups in total. The number of aliphatic imine (C=N–C) groups is 1. The van der Waals surface area contributed by atoms with Crippen molar-refractivity contribution in [1.82, 2.24) is 15.1 Å². The van der Waals surface area contributed by atoms with Crippen LogP contribution in [0, 0.1) is 0 Å². The molecule has 1 saturated carbocycles. The summed E-state index contributed by atoms with van der Waals surface area (Å²) < 4.78 is 0. The summed E-state index contributed by atoms with van der Waals surface area (Å²) in [6, 6.07) is 0.602. The third-order valence-electron chi connectivity index (χ3n) is 3.44. The first-order chi connectivity index (χ1) is 8.24. The molecule has 1 aliphatic heterocycles. The van der Waals surface area contributed by atoms with Crippen molar-refractivity contribution in [2.24, 2.45) is 10.7 Å². The molecule has 2 aliphatic rings. The standard InChI is InChI=1S/C12H25N5/c1-16-6-2-7-17(10-9-16)8-5-14-12(13)15-11-3-4-11/h11H,2-10H2,1H3,(H3,13,14,15). The maximum Gasteiger partial charge on any atom is 0.188 e. The van der Waals surface area contributed by atoms with Crippen LogP contribution in [0.4, 0.5) is 0 Å². The van der Waals surface area contributed by atoms with Gasteiger partial charge in [-0.1, -0.05) is 0 Å². The summed E-state index contributed by atoms with van der Waals surface area (Å²) in [5.74, 6) is 0.624. The lowest BCUT2D eigenvalue weighted by Crippen LogP contribution is -2.35. The number of hydrogen-bond donors (Lipinski definition) is 2. The van der Waals surface area contributed by atoms with Gasteiger partial charge in [0.05, 0.1) is 6.54 Å². The Labute approximate surface area is 104 Å². The first kappa shape index (κ1) is 12.6. The summed E-state index contributed by atoms with van der Waals surface area (Å²) in [4.78, 5) is 9.25. The van der Waals surface area contributed by atoms with E-state index in [0.29, 0.717) is 12.0 Å². The second kappa shape index (κ2) is 6.21. The Morgan fingerprint density at radius 1 is 1.29 bits per heavy atom. The highest BCUT2D eigenvalue weighted by atomic mass is 15.2. The van der Waals surface area contributed by atoms with Crippen molar-refractivity contribution in [1.29, 1.82) is 0 Å². The molecular formula is C12H25N5. The molecule has 5 heteroatoms. The maximum absolute atomic E-state index is 5.80. The zero-order chi connectivity index (χ0) is 12.1. The quantitative estimate of drug-likeness (QED) is 0.522. The van der Waals surface area contributed by atoms with Gasteiger partial charge in [0, 0.05) is 25.7 Å². The minimum Gasteiger partial charge on any atom is -0.370 e. The van der Waals surface area contributed by atoms with Crippen LogP contribution in [-0.2, 0) is 0 Å². The SMILES string of the molecule is CN1CCCN(CCN=C(N)NC2CC2)CC1. The van der Waals surface area contributed by atoms with E-state index in [0.717, 1.165) is 19.6 Å². The van der Waals surface area contributed by atoms with Crippen LogP contribution in [0.2, 0.25) is 0 Å². The van der Waals surface area contributed by atoms with Gasteiger partial charge in [-0.2, -0.15) is 0 Å². The third kappa shape index (κ3) is 4.91. The van der Waals surface area contributed by atoms with Gasteiger partial charge in [-0.05, 0) is 39.4 Å². The summed E-state index contributed by atoms with van der Waals surface area (Å²) in [7, 11) is 2.19. The van der Waals surface area contributed by atoms with Crippen molar-refractivity contribution in [2.75, 3.05) is 46.3 Å². The Bertz CT molecular complexity index is 262. The van der Waals surface area contributed by atoms with Gasteiger partial charge < -0.3 is 20.9 Å². The lowest BCUT2D eigenvalue weighted by atomic mass is 10.4. The number of nitrogens with one attached hydrogen (secondary N) is 1. The fourth-order valence-electron chi connectivity index (χ4n) is 2.12. The zero-order valence-electron chi connectivity index (χ0n) is 10.9. The normalized spacial score (nSPS) is 24.6. The van der Waals surface area contributed by atoms with Gasteiger partial charge in [0.15, 0.2) is 5.96 Å². The van der Waals surface area contributed by atoms with Crippen molar-refractivity contribution in [3.63, 3.8) is 0 Å². The van der Waals surface area contributed by atoms with Crippen molar-refractivity contribution >= 4 is 5.96 Å². The predicted molar refractivity (Wildman–Crippen MR) is 71.2 cm³/mol. The van der Waals surface area contributed by atoms with Crippen molar-refractivity contribution in [3.05, 3.63) is 0 Å². The van der Waals surface area contributed by atoms with Crippen molar-refractivity contribution < 1.29 is 0 Å². The Hall–Kier alpha value is -0.810. The summed E-state index contributed by atoms with van der Waals surface area (Å²) >= 11 is 0. The van der Waals surface area contributed by atoms with E-state index in [1.807, 2.05) is 0 Å². The van der Waals surface area contributed by atoms with E-state index >= 15 is 0 Å². The number of likely N-dealkylation sites (N-methyl/N-ethyl adjacent to an activating group) is 1. The predicted octanol–water partition coefficient (Wildman–Crippen LogP) is -0.309. The first-order valence-corrected chi connectivity index (χ1v) is 6.71. The highest BCUT2D eigenvalue weighted by Crippen LogP contribution is 2.17. The topological polar surface area (TPSA) is 56.9 Å². The van der Waals surface area contributed by atoms with Gasteiger partial charge in [0.2, 0.25) is 0 Å². The number of nitrogens with zero attached hydrogens (tertiary/aromatic N) is 3. The number of guanidine groups is 1. The monoisotopic (exact) mass is 239 g/mol. The molecule has 1 heterocycles. The molecule has 0 amide bonds. The molecule has 2 rings (SSSR count). The zero-order valence-corrected chi connectivity index (χ0v) is 10.9. The molecule has 0 spiro atoms. The van der Waals surface area contributed by atoms with Crippen LogP contribution in [0.1, 0.15) is 19.3 Å². The lowest BCUT2D eigenvalue weighted by molar-refractivity contribution is 0.283. The van der Waals surface area contributed by atoms with E-state index in [-0.39, 0.29) is 0 Å². The van der Waals surface area contributed by atoms with Crippen molar-refractivity contribution in [3.8, 4) is 0 Å². The van der Waals surface area contributed by atoms with E-state index in [4.69, 9.17) is 5.73 Å². The molecule has 1 aliphatic carbocycles. The summed E-state index contributed by atoms with van der Waals surface area (Å²) in [6.07, 6.45) is 3.75. The van der Waals surface area contributed by atoms with Gasteiger partial charge in [-0.15, -0.1) is 0 Å². The number of rotatable bonds is 4. The van der Waals surface area contributed by atoms with Gasteiger partial charge in [-0.3, -0.25) is 4.99 Å². The fourth-order valence-corrected chi connectivity index (χ4v) is 2.12. The molecule has 0 bridgehead atoms. The molecular weight excluding hydrogens is 214 g/mol. The third-order valence-corrected chi connectivity index (χ3v) is 3.44. The Balaban J connectivity index is 1.62. The minimum atomic E-state index is 0.602. The summed E-state index contributed by atoms with van der Waals surface area (Å²) in [6.45, 7) is 6.57. The highest BCUT2D eigenvalue weighted by molar-refractivity contribution is 5.78. The van der Waals surface area contributed by atoms with E-state index in [9.17, 15) is 0 Å². The minimum absolute atomic E-state index is 0.602. The van der Waals surface area contributed by atoms with Gasteiger partial charge in [-0.25, -0.2) is 0 Å². The van der Waals surface area contributed by atoms with Crippen LogP contribution in [0.5, 0.6) is 0 Å². The highest BCUT2D eigenvalue weighted by Gasteiger charge is 2.21. The van der Waals surface area contributed by atoms with Crippen LogP contribution in [0.15, 0.2) is 4.99 Å². The molecule has 2 fully saturated rings. The van der Waals surface area contributed by atoms with Crippen molar-refractivity contribution in [2.45, 2.75) is 25.3 Å². The molecule has 1 saturated heterocycles. The molecule has 0 aromatic rings. The van der Waals surface area contributed by atoms with Crippen LogP contribution < -0.4 is 11.1 Å². The number of nitrogens with two attached hydrogens (primary N) is 1. The van der Waals surface area contributed by atoms with Crippen LogP contribution >= 0.6 is 0 Å². The smallest absolute Gasteiger partial charge is 0.188 e. The van der Waals surface area contributed by atoms with Gasteiger partial charge in [0.25, 0.3) is 0 Å². The second-order valence-electron chi connectivity index (χ2n) is 5.18. The van der Waals surface area contributed by atoms with Gasteiger partial charge in [0.1, 0.15) is 0 Å². The van der Waals surface area contributed by atoms with E-state index < -0.39 is 0 Å². The molecule has 0 aromatic carbocycles. The first-order valence-electron chi connectivity index (χ1n) is 6.71. The summed E-state index contributed by atoms with van der Waals surface area (Å²) in [5, 5.41) is 3.21. The Kier molecular flexibility index (Phi) is 4.62. The Morgan fingerprint density at radius 3 is 2.88 bits per heavy atom. The largest absolute Gasteiger partial charge is 0.370 e. The number of hydrogen-bond acceptors (Lipinski definition) is 3. The molecule has 0 radical (unpaired) electrons. The second-order valence-corrected chi connectivity index (χ2v) is 5.18. The van der Waals surface area contributed by atoms with Crippen LogP contribution in [-0.4, -0.2) is 68.1 Å². The van der Waals surface area contributed by atoms with E-state index in [1.165, 1.54) is 38.9 Å². The average Bonchev–Trinajstić information content (AvgIpc) is 3.09. The molecule has 0 unspecified atom stereocenters. The lowest BCUT2D eigenvalue weighted by Gasteiger charge is -2.18.